The van der Waals surface area contributed by atoms with Crippen LogP contribution in [-0.4, -0.2) is 78.1 Å². The molecule has 1 aromatic heterocycles. The fraction of sp³-hybridized carbons (Fsp3) is 0.310. The number of anilines is 2. The van der Waals surface area contributed by atoms with Crippen molar-refractivity contribution in [3.05, 3.63) is 176 Å². The highest BCUT2D eigenvalue weighted by molar-refractivity contribution is 7.65. The standard InChI is InChI=1S/C58H64ClN6O11P/c1-8-77(73,75-32-31-66)64-46-26-21-42(22-27-46)55(69)63-50(36(2)3)56(70)61-39(7)54(68)62-45-24-17-41(18-25-45)35-74-58(72)60-29-12-30-65(57(71)43-19-15-38(6)16-20-43)51(37(4)5)53-48(33-40-13-10-9-11-14-40)52(67)47-28-23-44(59)34-49(47)76-53/h1,9-11,13-28,34,36-37,39,50-51,66H,12,29-33,35H2,2-7H3,(H,60,72)(H,61,70)(H,62,68)(H,63,69)(H,64,73)/t39-,50-,51+,77?/m0/s1. The van der Waals surface area contributed by atoms with E-state index < -0.39 is 49.5 Å². The van der Waals surface area contributed by atoms with Gasteiger partial charge in [-0.2, -0.15) is 0 Å². The molecular weight excluding hydrogens is 1020 g/mol. The molecule has 17 nitrogen and oxygen atoms in total. The van der Waals surface area contributed by atoms with Crippen LogP contribution in [0.2, 0.25) is 5.02 Å². The monoisotopic (exact) mass is 1090 g/mol. The summed E-state index contributed by atoms with van der Waals surface area (Å²) in [5.41, 5.74) is 6.47. The maximum absolute atomic E-state index is 14.6. The van der Waals surface area contributed by atoms with Gasteiger partial charge in [-0.05, 0) is 104 Å². The summed E-state index contributed by atoms with van der Waals surface area (Å²) in [5.74, 6) is -2.17. The minimum Gasteiger partial charge on any atom is -0.458 e. The van der Waals surface area contributed by atoms with Gasteiger partial charge in [-0.1, -0.05) is 99.5 Å². The summed E-state index contributed by atoms with van der Waals surface area (Å²) >= 11 is 6.39. The second-order valence-electron chi connectivity index (χ2n) is 19.0. The third kappa shape index (κ3) is 16.1. The van der Waals surface area contributed by atoms with E-state index in [1.165, 1.54) is 31.2 Å². The quantitative estimate of drug-likeness (QED) is 0.0189. The Kier molecular flexibility index (Phi) is 20.8. The van der Waals surface area contributed by atoms with Gasteiger partial charge in [-0.15, -0.1) is 6.42 Å². The number of hydrogen-bond acceptors (Lipinski definition) is 11. The Labute approximate surface area is 453 Å². The van der Waals surface area contributed by atoms with Gasteiger partial charge in [0.15, 0.2) is 5.43 Å². The lowest BCUT2D eigenvalue weighted by molar-refractivity contribution is -0.128. The van der Waals surface area contributed by atoms with Crippen molar-refractivity contribution in [3.63, 3.8) is 0 Å². The minimum absolute atomic E-state index is 0.0905. The number of benzene rings is 5. The number of fused-ring (bicyclic) bond motifs is 1. The second kappa shape index (κ2) is 27.3. The van der Waals surface area contributed by atoms with Crippen molar-refractivity contribution in [3.8, 4) is 12.1 Å². The second-order valence-corrected chi connectivity index (χ2v) is 21.3. The van der Waals surface area contributed by atoms with Crippen LogP contribution in [0.4, 0.5) is 16.2 Å². The van der Waals surface area contributed by atoms with Gasteiger partial charge in [-0.25, -0.2) is 4.79 Å². The molecule has 5 amide bonds. The fourth-order valence-corrected chi connectivity index (χ4v) is 9.50. The predicted octanol–water partition coefficient (Wildman–Crippen LogP) is 9.60. The van der Waals surface area contributed by atoms with Crippen LogP contribution in [0.3, 0.4) is 0 Å². The number of aliphatic hydroxyl groups is 1. The molecule has 6 aromatic rings. The molecule has 0 spiro atoms. The van der Waals surface area contributed by atoms with Gasteiger partial charge in [-0.3, -0.25) is 28.5 Å². The highest BCUT2D eigenvalue weighted by Gasteiger charge is 2.34. The number of ether oxygens (including phenoxy) is 1. The van der Waals surface area contributed by atoms with E-state index in [0.29, 0.717) is 56.2 Å². The predicted molar refractivity (Wildman–Crippen MR) is 298 cm³/mol. The summed E-state index contributed by atoms with van der Waals surface area (Å²) in [4.78, 5) is 83.3. The van der Waals surface area contributed by atoms with E-state index in [2.05, 4.69) is 32.0 Å². The number of carbonyl (C=O) groups is 5. The lowest BCUT2D eigenvalue weighted by Crippen LogP contribution is -2.53. The van der Waals surface area contributed by atoms with Gasteiger partial charge in [0.25, 0.3) is 11.8 Å². The van der Waals surface area contributed by atoms with Crippen molar-refractivity contribution in [2.75, 3.05) is 36.7 Å². The summed E-state index contributed by atoms with van der Waals surface area (Å²) in [7, 11) is -3.72. The number of alkyl carbamates (subject to hydrolysis) is 1. The van der Waals surface area contributed by atoms with E-state index >= 15 is 0 Å². The van der Waals surface area contributed by atoms with Gasteiger partial charge in [0, 0.05) is 64.3 Å². The maximum atomic E-state index is 14.6. The zero-order valence-electron chi connectivity index (χ0n) is 43.8. The first-order valence-corrected chi connectivity index (χ1v) is 27.1. The average molecular weight is 1090 g/mol. The van der Waals surface area contributed by atoms with Gasteiger partial charge in [0.05, 0.1) is 24.6 Å². The number of terminal acetylenes is 1. The molecular formula is C58H64ClN6O11P. The molecule has 0 fully saturated rings. The van der Waals surface area contributed by atoms with Gasteiger partial charge in [0.1, 0.15) is 30.0 Å². The Morgan fingerprint density at radius 1 is 0.805 bits per heavy atom. The van der Waals surface area contributed by atoms with Crippen molar-refractivity contribution in [1.29, 1.82) is 0 Å². The lowest BCUT2D eigenvalue weighted by Gasteiger charge is -2.35. The molecule has 0 aliphatic heterocycles. The van der Waals surface area contributed by atoms with E-state index in [1.54, 1.807) is 73.3 Å². The number of aryl methyl sites for hydroxylation is 1. The molecule has 0 aliphatic rings. The van der Waals surface area contributed by atoms with E-state index in [9.17, 15) is 33.3 Å². The first-order chi connectivity index (χ1) is 36.8. The van der Waals surface area contributed by atoms with Crippen molar-refractivity contribution >= 4 is 71.2 Å². The molecule has 0 saturated heterocycles. The highest BCUT2D eigenvalue weighted by Crippen LogP contribution is 2.45. The number of halogens is 1. The number of carbonyl (C=O) groups excluding carboxylic acids is 5. The molecule has 6 N–H and O–H groups in total. The van der Waals surface area contributed by atoms with E-state index in [-0.39, 0.29) is 68.1 Å². The fourth-order valence-electron chi connectivity index (χ4n) is 8.30. The number of aliphatic hydroxyl groups excluding tert-OH is 1. The van der Waals surface area contributed by atoms with Crippen LogP contribution in [-0.2, 0) is 36.4 Å². The van der Waals surface area contributed by atoms with Crippen LogP contribution in [0.15, 0.2) is 131 Å². The van der Waals surface area contributed by atoms with E-state index in [0.717, 1.165) is 11.1 Å². The zero-order chi connectivity index (χ0) is 55.8. The van der Waals surface area contributed by atoms with Crippen LogP contribution in [0.5, 0.6) is 0 Å². The topological polar surface area (TPSA) is 235 Å². The van der Waals surface area contributed by atoms with Gasteiger partial charge in [0.2, 0.25) is 11.8 Å². The minimum atomic E-state index is -3.72. The maximum Gasteiger partial charge on any atom is 0.407 e. The normalized spacial score (nSPS) is 13.1. The first kappa shape index (κ1) is 58.5. The molecule has 404 valence electrons. The molecule has 5 aromatic carbocycles. The highest BCUT2D eigenvalue weighted by atomic mass is 35.5. The van der Waals surface area contributed by atoms with Gasteiger partial charge >= 0.3 is 13.6 Å². The molecule has 1 unspecified atom stereocenters. The number of nitrogens with zero attached hydrogens (tertiary/aromatic N) is 1. The molecule has 1 heterocycles. The van der Waals surface area contributed by atoms with E-state index in [1.807, 2.05) is 63.2 Å². The number of rotatable bonds is 24. The molecule has 0 bridgehead atoms. The Hall–Kier alpha value is -7.74. The number of nitrogens with one attached hydrogen (secondary N) is 5. The van der Waals surface area contributed by atoms with Crippen molar-refractivity contribution in [2.24, 2.45) is 11.8 Å². The molecule has 0 saturated carbocycles. The number of hydrogen-bond donors (Lipinski definition) is 6. The van der Waals surface area contributed by atoms with Crippen LogP contribution >= 0.6 is 19.1 Å². The molecule has 6 rings (SSSR count). The molecule has 0 aliphatic carbocycles. The largest absolute Gasteiger partial charge is 0.458 e. The molecule has 77 heavy (non-hydrogen) atoms. The summed E-state index contributed by atoms with van der Waals surface area (Å²) in [5, 5.41) is 23.2. The summed E-state index contributed by atoms with van der Waals surface area (Å²) < 4.78 is 29.9. The van der Waals surface area contributed by atoms with Crippen LogP contribution < -0.4 is 31.8 Å². The summed E-state index contributed by atoms with van der Waals surface area (Å²) in [6.07, 6.45) is 5.25. The smallest absolute Gasteiger partial charge is 0.407 e. The van der Waals surface area contributed by atoms with Crippen LogP contribution in [0.25, 0.3) is 11.0 Å². The Bertz CT molecular complexity index is 3180. The summed E-state index contributed by atoms with van der Waals surface area (Å²) in [6.45, 7) is 10.5. The molecule has 19 heteroatoms. The number of amides is 5. The Morgan fingerprint density at radius 2 is 1.47 bits per heavy atom. The average Bonchev–Trinajstić information content (AvgIpc) is 3.41. The Morgan fingerprint density at radius 3 is 2.10 bits per heavy atom. The third-order valence-corrected chi connectivity index (χ3v) is 14.1. The van der Waals surface area contributed by atoms with Crippen molar-refractivity contribution < 1.29 is 47.3 Å². The lowest BCUT2D eigenvalue weighted by atomic mass is 9.91. The molecule has 4 atom stereocenters. The molecule has 0 radical (unpaired) electrons. The SMILES string of the molecule is C#CP(=O)(Nc1ccc(C(=O)N[C@H](C(=O)N[C@@H](C)C(=O)Nc2ccc(COC(=O)NCCCN(C(=O)c3ccc(C)cc3)[C@@H](c3oc4cc(Cl)ccc4c(=O)c3Cc3ccccc3)C(C)C)cc2)C(C)C)cc1)OCCO. The zero-order valence-corrected chi connectivity index (χ0v) is 45.4. The Balaban J connectivity index is 1.03. The van der Waals surface area contributed by atoms with Crippen molar-refractivity contribution in [1.82, 2.24) is 20.9 Å². The van der Waals surface area contributed by atoms with Crippen LogP contribution in [0, 0.1) is 30.8 Å². The third-order valence-electron chi connectivity index (χ3n) is 12.4. The van der Waals surface area contributed by atoms with Crippen molar-refractivity contribution in [2.45, 2.75) is 79.1 Å². The first-order valence-electron chi connectivity index (χ1n) is 25.1. The van der Waals surface area contributed by atoms with Gasteiger partial charge < -0.3 is 50.0 Å². The van der Waals surface area contributed by atoms with E-state index in [4.69, 9.17) is 36.8 Å². The summed E-state index contributed by atoms with van der Waals surface area (Å²) in [6, 6.07) is 31.4. The van der Waals surface area contributed by atoms with Crippen LogP contribution in [0.1, 0.15) is 95.8 Å².